The van der Waals surface area contributed by atoms with E-state index in [0.29, 0.717) is 19.0 Å². The number of piperazine rings is 1. The van der Waals surface area contributed by atoms with Gasteiger partial charge in [-0.05, 0) is 18.8 Å². The van der Waals surface area contributed by atoms with Crippen LogP contribution in [0.3, 0.4) is 0 Å². The number of carbonyl (C=O) groups excluding carboxylic acids is 2. The van der Waals surface area contributed by atoms with Crippen LogP contribution < -0.4 is 11.1 Å². The zero-order chi connectivity index (χ0) is 12.4. The van der Waals surface area contributed by atoms with Crippen LogP contribution in [-0.2, 0) is 9.59 Å². The molecule has 1 saturated heterocycles. The van der Waals surface area contributed by atoms with Crippen LogP contribution in [-0.4, -0.2) is 42.4 Å². The summed E-state index contributed by atoms with van der Waals surface area (Å²) in [4.78, 5) is 25.2. The van der Waals surface area contributed by atoms with E-state index in [-0.39, 0.29) is 30.3 Å². The second-order valence-electron chi connectivity index (χ2n) is 5.20. The van der Waals surface area contributed by atoms with Gasteiger partial charge in [0, 0.05) is 19.1 Å². The minimum absolute atomic E-state index is 0.0544. The first-order chi connectivity index (χ1) is 8.09. The minimum atomic E-state index is -0.0929. The average Bonchev–Trinajstić information content (AvgIpc) is 2.32. The molecule has 5 heteroatoms. The van der Waals surface area contributed by atoms with Crippen LogP contribution in [0.5, 0.6) is 0 Å². The maximum atomic E-state index is 12.3. The van der Waals surface area contributed by atoms with Crippen molar-refractivity contribution in [3.8, 4) is 0 Å². The molecule has 17 heavy (non-hydrogen) atoms. The van der Waals surface area contributed by atoms with Crippen molar-refractivity contribution >= 4 is 11.8 Å². The fourth-order valence-electron chi connectivity index (χ4n) is 2.79. The van der Waals surface area contributed by atoms with Crippen LogP contribution in [0.15, 0.2) is 0 Å². The SMILES string of the molecule is CC1CCCC(C(=O)N2CCNC(=O)C2)C1N. The zero-order valence-corrected chi connectivity index (χ0v) is 10.3. The number of nitrogens with one attached hydrogen (secondary N) is 1. The number of hydrogen-bond acceptors (Lipinski definition) is 3. The molecule has 5 nitrogen and oxygen atoms in total. The Morgan fingerprint density at radius 3 is 2.94 bits per heavy atom. The van der Waals surface area contributed by atoms with Gasteiger partial charge in [0.15, 0.2) is 0 Å². The first-order valence-corrected chi connectivity index (χ1v) is 6.40. The molecular weight excluding hydrogens is 218 g/mol. The molecule has 1 aliphatic heterocycles. The molecule has 96 valence electrons. The smallest absolute Gasteiger partial charge is 0.239 e. The lowest BCUT2D eigenvalue weighted by atomic mass is 9.77. The molecule has 3 atom stereocenters. The largest absolute Gasteiger partial charge is 0.353 e. The standard InChI is InChI=1S/C12H21N3O2/c1-8-3-2-4-9(11(8)13)12(17)15-6-5-14-10(16)7-15/h8-9,11H,2-7,13H2,1H3,(H,14,16). The highest BCUT2D eigenvalue weighted by molar-refractivity contribution is 5.87. The van der Waals surface area contributed by atoms with Gasteiger partial charge in [-0.3, -0.25) is 9.59 Å². The van der Waals surface area contributed by atoms with Crippen molar-refractivity contribution in [1.82, 2.24) is 10.2 Å². The summed E-state index contributed by atoms with van der Waals surface area (Å²) >= 11 is 0. The molecule has 3 unspecified atom stereocenters. The Kier molecular flexibility index (Phi) is 3.66. The molecule has 1 aliphatic carbocycles. The third kappa shape index (κ3) is 2.60. The Balaban J connectivity index is 2.00. The second-order valence-corrected chi connectivity index (χ2v) is 5.20. The topological polar surface area (TPSA) is 75.4 Å². The van der Waals surface area contributed by atoms with E-state index in [2.05, 4.69) is 12.2 Å². The van der Waals surface area contributed by atoms with Gasteiger partial charge in [-0.1, -0.05) is 13.3 Å². The Labute approximate surface area is 102 Å². The first-order valence-electron chi connectivity index (χ1n) is 6.40. The van der Waals surface area contributed by atoms with Crippen molar-refractivity contribution < 1.29 is 9.59 Å². The van der Waals surface area contributed by atoms with E-state index in [1.165, 1.54) is 0 Å². The highest BCUT2D eigenvalue weighted by Gasteiger charge is 2.36. The quantitative estimate of drug-likeness (QED) is 0.660. The predicted octanol–water partition coefficient (Wildman–Crippen LogP) is -0.292. The van der Waals surface area contributed by atoms with Gasteiger partial charge in [0.25, 0.3) is 0 Å². The van der Waals surface area contributed by atoms with Crippen LogP contribution in [0.4, 0.5) is 0 Å². The minimum Gasteiger partial charge on any atom is -0.353 e. The predicted molar refractivity (Wildman–Crippen MR) is 64.1 cm³/mol. The Hall–Kier alpha value is -1.10. The molecule has 0 aromatic rings. The van der Waals surface area contributed by atoms with E-state index in [4.69, 9.17) is 5.73 Å². The third-order valence-electron chi connectivity index (χ3n) is 3.96. The number of nitrogens with zero attached hydrogens (tertiary/aromatic N) is 1. The van der Waals surface area contributed by atoms with Gasteiger partial charge < -0.3 is 16.0 Å². The number of nitrogens with two attached hydrogens (primary N) is 1. The van der Waals surface area contributed by atoms with E-state index in [0.717, 1.165) is 19.3 Å². The maximum absolute atomic E-state index is 12.3. The summed E-state index contributed by atoms with van der Waals surface area (Å²) < 4.78 is 0. The fraction of sp³-hybridized carbons (Fsp3) is 0.833. The van der Waals surface area contributed by atoms with Crippen molar-refractivity contribution in [1.29, 1.82) is 0 Å². The van der Waals surface area contributed by atoms with E-state index in [1.54, 1.807) is 4.90 Å². The monoisotopic (exact) mass is 239 g/mol. The van der Waals surface area contributed by atoms with Crippen LogP contribution in [0.25, 0.3) is 0 Å². The molecule has 0 radical (unpaired) electrons. The summed E-state index contributed by atoms with van der Waals surface area (Å²) in [5, 5.41) is 2.73. The van der Waals surface area contributed by atoms with Gasteiger partial charge in [0.1, 0.15) is 0 Å². The first kappa shape index (κ1) is 12.4. The van der Waals surface area contributed by atoms with Crippen LogP contribution >= 0.6 is 0 Å². The molecule has 2 aliphatic rings. The van der Waals surface area contributed by atoms with Gasteiger partial charge >= 0.3 is 0 Å². The molecule has 2 amide bonds. The molecule has 2 rings (SSSR count). The molecule has 2 fully saturated rings. The van der Waals surface area contributed by atoms with Gasteiger partial charge in [0.2, 0.25) is 11.8 Å². The van der Waals surface area contributed by atoms with E-state index >= 15 is 0 Å². The third-order valence-corrected chi connectivity index (χ3v) is 3.96. The van der Waals surface area contributed by atoms with E-state index < -0.39 is 0 Å². The lowest BCUT2D eigenvalue weighted by Gasteiger charge is -2.37. The summed E-state index contributed by atoms with van der Waals surface area (Å²) in [7, 11) is 0. The van der Waals surface area contributed by atoms with Crippen LogP contribution in [0, 0.1) is 11.8 Å². The summed E-state index contributed by atoms with van der Waals surface area (Å²) in [5.74, 6) is 0.307. The lowest BCUT2D eigenvalue weighted by molar-refractivity contribution is -0.143. The van der Waals surface area contributed by atoms with Crippen molar-refractivity contribution in [3.05, 3.63) is 0 Å². The maximum Gasteiger partial charge on any atom is 0.239 e. The second kappa shape index (κ2) is 5.04. The van der Waals surface area contributed by atoms with Crippen LogP contribution in [0.2, 0.25) is 0 Å². The Bertz CT molecular complexity index is 319. The molecule has 0 bridgehead atoms. The normalized spacial score (nSPS) is 34.4. The van der Waals surface area contributed by atoms with Gasteiger partial charge in [0.05, 0.1) is 12.5 Å². The number of amides is 2. The average molecular weight is 239 g/mol. The number of hydrogen-bond donors (Lipinski definition) is 2. The van der Waals surface area contributed by atoms with E-state index in [1.807, 2.05) is 0 Å². The van der Waals surface area contributed by atoms with Gasteiger partial charge in [-0.25, -0.2) is 0 Å². The van der Waals surface area contributed by atoms with Crippen molar-refractivity contribution in [3.63, 3.8) is 0 Å². The fourth-order valence-corrected chi connectivity index (χ4v) is 2.79. The van der Waals surface area contributed by atoms with Crippen molar-refractivity contribution in [2.45, 2.75) is 32.2 Å². The van der Waals surface area contributed by atoms with Gasteiger partial charge in [-0.2, -0.15) is 0 Å². The van der Waals surface area contributed by atoms with Crippen molar-refractivity contribution in [2.75, 3.05) is 19.6 Å². The Morgan fingerprint density at radius 1 is 1.47 bits per heavy atom. The molecule has 3 N–H and O–H groups in total. The summed E-state index contributed by atoms with van der Waals surface area (Å²) in [6.45, 7) is 3.47. The molecule has 1 heterocycles. The highest BCUT2D eigenvalue weighted by Crippen LogP contribution is 2.29. The Morgan fingerprint density at radius 2 is 2.24 bits per heavy atom. The lowest BCUT2D eigenvalue weighted by Crippen LogP contribution is -2.55. The number of rotatable bonds is 1. The van der Waals surface area contributed by atoms with E-state index in [9.17, 15) is 9.59 Å². The van der Waals surface area contributed by atoms with Gasteiger partial charge in [-0.15, -0.1) is 0 Å². The van der Waals surface area contributed by atoms with Crippen LogP contribution in [0.1, 0.15) is 26.2 Å². The summed E-state index contributed by atoms with van der Waals surface area (Å²) in [6, 6.07) is -0.0544. The molecule has 1 saturated carbocycles. The molecule has 0 aromatic heterocycles. The number of carbonyl (C=O) groups is 2. The van der Waals surface area contributed by atoms with Crippen molar-refractivity contribution in [2.24, 2.45) is 17.6 Å². The summed E-state index contributed by atoms with van der Waals surface area (Å²) in [5.41, 5.74) is 6.12. The summed E-state index contributed by atoms with van der Waals surface area (Å²) in [6.07, 6.45) is 3.03. The molecule has 0 spiro atoms. The highest BCUT2D eigenvalue weighted by atomic mass is 16.2. The molecule has 0 aromatic carbocycles. The molecular formula is C12H21N3O2. The zero-order valence-electron chi connectivity index (χ0n) is 10.3.